The van der Waals surface area contributed by atoms with Crippen LogP contribution in [-0.4, -0.2) is 69.7 Å². The number of likely N-dealkylation sites (N-methyl/N-ethyl adjacent to an activating group) is 1. The van der Waals surface area contributed by atoms with Crippen LogP contribution in [0, 0.1) is 5.92 Å². The van der Waals surface area contributed by atoms with Crippen molar-refractivity contribution in [3.8, 4) is 17.0 Å². The summed E-state index contributed by atoms with van der Waals surface area (Å²) in [5.74, 6) is 0.194. The number of ether oxygens (including phenoxy) is 1. The Morgan fingerprint density at radius 1 is 1.18 bits per heavy atom. The van der Waals surface area contributed by atoms with Crippen molar-refractivity contribution in [3.05, 3.63) is 78.2 Å². The standard InChI is InChI=1S/C27H32N4O3/c1-19-15-31(20(2)18-32)27(33)24-12-23(22-10-7-11-28-13-22)14-29-26(24)34-25(19)17-30(3)16-21-8-5-4-6-9-21/h4-14,19-20,25,32H,15-18H2,1-3H3/t19-,20+,25-/m1/s1. The number of fused-ring (bicyclic) bond motifs is 1. The van der Waals surface area contributed by atoms with Gasteiger partial charge in [-0.3, -0.25) is 14.7 Å². The Morgan fingerprint density at radius 2 is 1.97 bits per heavy atom. The van der Waals surface area contributed by atoms with Gasteiger partial charge in [-0.2, -0.15) is 0 Å². The van der Waals surface area contributed by atoms with Crippen molar-refractivity contribution in [1.82, 2.24) is 19.8 Å². The second-order valence-electron chi connectivity index (χ2n) is 9.12. The second kappa shape index (κ2) is 10.8. The topological polar surface area (TPSA) is 78.8 Å². The van der Waals surface area contributed by atoms with E-state index in [1.165, 1.54) is 5.56 Å². The van der Waals surface area contributed by atoms with Gasteiger partial charge in [-0.1, -0.05) is 43.3 Å². The quantitative estimate of drug-likeness (QED) is 0.582. The van der Waals surface area contributed by atoms with Gasteiger partial charge in [0.1, 0.15) is 11.7 Å². The summed E-state index contributed by atoms with van der Waals surface area (Å²) in [6.45, 7) is 5.80. The Morgan fingerprint density at radius 3 is 2.68 bits per heavy atom. The first-order valence-corrected chi connectivity index (χ1v) is 11.7. The number of hydrogen-bond donors (Lipinski definition) is 1. The number of carbonyl (C=O) groups is 1. The molecule has 7 heteroatoms. The molecule has 1 aliphatic rings. The van der Waals surface area contributed by atoms with Gasteiger partial charge in [-0.15, -0.1) is 0 Å². The lowest BCUT2D eigenvalue weighted by Gasteiger charge is -2.37. The van der Waals surface area contributed by atoms with Crippen LogP contribution in [0.3, 0.4) is 0 Å². The van der Waals surface area contributed by atoms with Crippen LogP contribution in [0.25, 0.3) is 11.1 Å². The lowest BCUT2D eigenvalue weighted by atomic mass is 9.99. The molecule has 1 amide bonds. The maximum atomic E-state index is 13.6. The van der Waals surface area contributed by atoms with E-state index >= 15 is 0 Å². The number of carbonyl (C=O) groups excluding carboxylic acids is 1. The Balaban J connectivity index is 1.65. The molecule has 3 atom stereocenters. The minimum Gasteiger partial charge on any atom is -0.472 e. The second-order valence-corrected chi connectivity index (χ2v) is 9.12. The van der Waals surface area contributed by atoms with Crippen molar-refractivity contribution >= 4 is 5.91 Å². The fraction of sp³-hybridized carbons (Fsp3) is 0.370. The highest BCUT2D eigenvalue weighted by atomic mass is 16.5. The first-order valence-electron chi connectivity index (χ1n) is 11.7. The number of aliphatic hydroxyl groups excluding tert-OH is 1. The molecule has 0 saturated heterocycles. The van der Waals surface area contributed by atoms with Crippen molar-refractivity contribution in [3.63, 3.8) is 0 Å². The largest absolute Gasteiger partial charge is 0.472 e. The average Bonchev–Trinajstić information content (AvgIpc) is 2.86. The molecular weight excluding hydrogens is 428 g/mol. The van der Waals surface area contributed by atoms with E-state index in [4.69, 9.17) is 4.74 Å². The zero-order valence-corrected chi connectivity index (χ0v) is 20.0. The van der Waals surface area contributed by atoms with E-state index in [1.807, 2.05) is 43.3 Å². The number of aromatic nitrogens is 2. The predicted molar refractivity (Wildman–Crippen MR) is 131 cm³/mol. The van der Waals surface area contributed by atoms with E-state index in [0.29, 0.717) is 24.5 Å². The molecule has 2 aromatic heterocycles. The first kappa shape index (κ1) is 23.9. The summed E-state index contributed by atoms with van der Waals surface area (Å²) in [6, 6.07) is 15.6. The molecule has 1 aliphatic heterocycles. The fourth-order valence-electron chi connectivity index (χ4n) is 4.28. The number of benzene rings is 1. The molecule has 1 aromatic carbocycles. The van der Waals surface area contributed by atoms with Gasteiger partial charge in [0.2, 0.25) is 5.88 Å². The number of nitrogens with zero attached hydrogens (tertiary/aromatic N) is 4. The normalized spacial score (nSPS) is 19.2. The van der Waals surface area contributed by atoms with Crippen LogP contribution in [0.15, 0.2) is 67.1 Å². The molecule has 3 aromatic rings. The zero-order chi connectivity index (χ0) is 24.1. The van der Waals surface area contributed by atoms with Crippen molar-refractivity contribution in [1.29, 1.82) is 0 Å². The van der Waals surface area contributed by atoms with E-state index in [-0.39, 0.29) is 30.6 Å². The Labute approximate surface area is 201 Å². The molecule has 0 unspecified atom stereocenters. The number of hydrogen-bond acceptors (Lipinski definition) is 6. The predicted octanol–water partition coefficient (Wildman–Crippen LogP) is 3.50. The summed E-state index contributed by atoms with van der Waals surface area (Å²) in [6.07, 6.45) is 5.00. The smallest absolute Gasteiger partial charge is 0.259 e. The molecule has 0 fully saturated rings. The number of amides is 1. The summed E-state index contributed by atoms with van der Waals surface area (Å²) < 4.78 is 6.40. The van der Waals surface area contributed by atoms with Crippen LogP contribution in [0.5, 0.6) is 5.88 Å². The maximum Gasteiger partial charge on any atom is 0.259 e. The van der Waals surface area contributed by atoms with Crippen molar-refractivity contribution in [2.75, 3.05) is 26.7 Å². The van der Waals surface area contributed by atoms with Crippen LogP contribution in [0.1, 0.15) is 29.8 Å². The van der Waals surface area contributed by atoms with Gasteiger partial charge in [0.15, 0.2) is 0 Å². The minimum absolute atomic E-state index is 0.0455. The molecule has 0 bridgehead atoms. The Kier molecular flexibility index (Phi) is 7.55. The number of aliphatic hydroxyl groups is 1. The van der Waals surface area contributed by atoms with Gasteiger partial charge in [0, 0.05) is 55.3 Å². The fourth-order valence-corrected chi connectivity index (χ4v) is 4.28. The third-order valence-electron chi connectivity index (χ3n) is 6.30. The lowest BCUT2D eigenvalue weighted by molar-refractivity contribution is 0.0325. The number of pyridine rings is 2. The van der Waals surface area contributed by atoms with Gasteiger partial charge < -0.3 is 14.7 Å². The molecule has 0 saturated carbocycles. The van der Waals surface area contributed by atoms with Crippen LogP contribution in [-0.2, 0) is 6.54 Å². The average molecular weight is 461 g/mol. The molecule has 34 heavy (non-hydrogen) atoms. The highest BCUT2D eigenvalue weighted by Gasteiger charge is 2.34. The van der Waals surface area contributed by atoms with Crippen LogP contribution in [0.2, 0.25) is 0 Å². The summed E-state index contributed by atoms with van der Waals surface area (Å²) in [7, 11) is 2.07. The summed E-state index contributed by atoms with van der Waals surface area (Å²) in [4.78, 5) is 26.3. The summed E-state index contributed by atoms with van der Waals surface area (Å²) >= 11 is 0. The lowest BCUT2D eigenvalue weighted by Crippen LogP contribution is -2.49. The van der Waals surface area contributed by atoms with E-state index in [9.17, 15) is 9.90 Å². The molecule has 3 heterocycles. The van der Waals surface area contributed by atoms with E-state index in [2.05, 4.69) is 41.0 Å². The molecule has 0 radical (unpaired) electrons. The Bertz CT molecular complexity index is 1090. The van der Waals surface area contributed by atoms with E-state index in [0.717, 1.165) is 17.7 Å². The minimum atomic E-state index is -0.314. The summed E-state index contributed by atoms with van der Waals surface area (Å²) in [5.41, 5.74) is 3.31. The molecule has 1 N–H and O–H groups in total. The molecular formula is C27H32N4O3. The first-order chi connectivity index (χ1) is 16.5. The highest BCUT2D eigenvalue weighted by Crippen LogP contribution is 2.30. The molecule has 7 nitrogen and oxygen atoms in total. The molecule has 0 aliphatic carbocycles. The van der Waals surface area contributed by atoms with E-state index in [1.54, 1.807) is 23.5 Å². The van der Waals surface area contributed by atoms with Gasteiger partial charge in [-0.05, 0) is 31.7 Å². The monoisotopic (exact) mass is 460 g/mol. The zero-order valence-electron chi connectivity index (χ0n) is 20.0. The van der Waals surface area contributed by atoms with Crippen molar-refractivity contribution in [2.45, 2.75) is 32.5 Å². The molecule has 4 rings (SSSR count). The van der Waals surface area contributed by atoms with Gasteiger partial charge >= 0.3 is 0 Å². The highest BCUT2D eigenvalue weighted by molar-refractivity contribution is 5.98. The van der Waals surface area contributed by atoms with Crippen LogP contribution in [0.4, 0.5) is 0 Å². The maximum absolute atomic E-state index is 13.6. The summed E-state index contributed by atoms with van der Waals surface area (Å²) in [5, 5.41) is 9.85. The third kappa shape index (κ3) is 5.43. The van der Waals surface area contributed by atoms with E-state index < -0.39 is 0 Å². The molecule has 0 spiro atoms. The van der Waals surface area contributed by atoms with Gasteiger partial charge in [0.05, 0.1) is 12.6 Å². The number of rotatable bonds is 7. The van der Waals surface area contributed by atoms with Crippen molar-refractivity contribution in [2.24, 2.45) is 5.92 Å². The third-order valence-corrected chi connectivity index (χ3v) is 6.30. The molecule has 178 valence electrons. The van der Waals surface area contributed by atoms with Crippen LogP contribution < -0.4 is 4.74 Å². The van der Waals surface area contributed by atoms with Gasteiger partial charge in [-0.25, -0.2) is 4.98 Å². The van der Waals surface area contributed by atoms with Crippen LogP contribution >= 0.6 is 0 Å². The van der Waals surface area contributed by atoms with Crippen molar-refractivity contribution < 1.29 is 14.6 Å². The SMILES string of the molecule is C[C@@H]1CN([C@@H](C)CO)C(=O)c2cc(-c3cccnc3)cnc2O[C@@H]1CN(C)Cc1ccccc1. The van der Waals surface area contributed by atoms with Gasteiger partial charge in [0.25, 0.3) is 5.91 Å². The Hall–Kier alpha value is -3.29.